The maximum Gasteiger partial charge on any atom is 0.335 e. The molecule has 1 aromatic rings. The van der Waals surface area contributed by atoms with Crippen molar-refractivity contribution in [2.24, 2.45) is 0 Å². The van der Waals surface area contributed by atoms with E-state index in [-0.39, 0.29) is 5.92 Å². The first-order valence-corrected chi connectivity index (χ1v) is 7.09. The third-order valence-corrected chi connectivity index (χ3v) is 3.79. The van der Waals surface area contributed by atoms with Gasteiger partial charge in [-0.3, -0.25) is 0 Å². The summed E-state index contributed by atoms with van der Waals surface area (Å²) >= 11 is 0. The third-order valence-electron chi connectivity index (χ3n) is 3.79. The van der Waals surface area contributed by atoms with Gasteiger partial charge < -0.3 is 14.9 Å². The lowest BCUT2D eigenvalue weighted by Crippen LogP contribution is -2.50. The topological polar surface area (TPSA) is 56.7 Å². The van der Waals surface area contributed by atoms with Crippen LogP contribution in [0.4, 0.5) is 5.82 Å². The van der Waals surface area contributed by atoms with Crippen molar-refractivity contribution >= 4 is 11.8 Å². The number of piperazine rings is 1. The van der Waals surface area contributed by atoms with E-state index in [1.807, 2.05) is 13.8 Å². The highest BCUT2D eigenvalue weighted by Gasteiger charge is 2.24. The van der Waals surface area contributed by atoms with Crippen LogP contribution < -0.4 is 4.90 Å². The van der Waals surface area contributed by atoms with Crippen molar-refractivity contribution in [3.63, 3.8) is 0 Å². The second-order valence-corrected chi connectivity index (χ2v) is 5.90. The second kappa shape index (κ2) is 5.79. The number of hydrogen-bond donors (Lipinski definition) is 1. The van der Waals surface area contributed by atoms with Crippen LogP contribution in [0.15, 0.2) is 12.1 Å². The van der Waals surface area contributed by atoms with Gasteiger partial charge in [-0.25, -0.2) is 9.78 Å². The first-order valence-electron chi connectivity index (χ1n) is 7.09. The number of carbonyl (C=O) groups is 1. The Balaban J connectivity index is 2.37. The number of carboxylic acids is 1. The molecule has 1 unspecified atom stereocenters. The molecule has 0 bridgehead atoms. The van der Waals surface area contributed by atoms with Gasteiger partial charge in [0.1, 0.15) is 5.82 Å². The number of rotatable bonds is 3. The van der Waals surface area contributed by atoms with E-state index in [4.69, 9.17) is 0 Å². The number of aromatic nitrogens is 1. The predicted molar refractivity (Wildman–Crippen MR) is 79.6 cm³/mol. The molecular weight excluding hydrogens is 254 g/mol. The summed E-state index contributed by atoms with van der Waals surface area (Å²) < 4.78 is 0. The van der Waals surface area contributed by atoms with Crippen LogP contribution in [0.3, 0.4) is 0 Å². The molecule has 2 heterocycles. The molecule has 0 saturated carbocycles. The van der Waals surface area contributed by atoms with E-state index in [2.05, 4.69) is 28.8 Å². The van der Waals surface area contributed by atoms with Crippen LogP contribution in [0, 0.1) is 0 Å². The average molecular weight is 277 g/mol. The van der Waals surface area contributed by atoms with Gasteiger partial charge in [-0.15, -0.1) is 0 Å². The predicted octanol–water partition coefficient (Wildman–Crippen LogP) is 2.04. The molecule has 1 aromatic heterocycles. The largest absolute Gasteiger partial charge is 0.478 e. The minimum Gasteiger partial charge on any atom is -0.478 e. The zero-order valence-corrected chi connectivity index (χ0v) is 12.6. The zero-order chi connectivity index (χ0) is 14.9. The van der Waals surface area contributed by atoms with E-state index in [1.54, 1.807) is 12.1 Å². The Morgan fingerprint density at radius 2 is 2.10 bits per heavy atom. The zero-order valence-electron chi connectivity index (χ0n) is 12.6. The lowest BCUT2D eigenvalue weighted by Gasteiger charge is -2.39. The molecular formula is C15H23N3O2. The fraction of sp³-hybridized carbons (Fsp3) is 0.600. The Morgan fingerprint density at radius 3 is 2.65 bits per heavy atom. The monoisotopic (exact) mass is 277 g/mol. The van der Waals surface area contributed by atoms with Gasteiger partial charge in [-0.2, -0.15) is 0 Å². The highest BCUT2D eigenvalue weighted by Crippen LogP contribution is 2.23. The molecule has 1 aliphatic heterocycles. The second-order valence-electron chi connectivity index (χ2n) is 5.90. The van der Waals surface area contributed by atoms with Gasteiger partial charge in [0.15, 0.2) is 0 Å². The molecule has 1 atom stereocenters. The fourth-order valence-electron chi connectivity index (χ4n) is 2.58. The van der Waals surface area contributed by atoms with Crippen LogP contribution in [0.1, 0.15) is 42.7 Å². The van der Waals surface area contributed by atoms with Crippen molar-refractivity contribution in [1.82, 2.24) is 9.88 Å². The van der Waals surface area contributed by atoms with E-state index in [0.717, 1.165) is 31.1 Å². The maximum atomic E-state index is 11.3. The molecule has 20 heavy (non-hydrogen) atoms. The van der Waals surface area contributed by atoms with E-state index in [0.29, 0.717) is 11.6 Å². The number of anilines is 1. The van der Waals surface area contributed by atoms with E-state index in [9.17, 15) is 9.90 Å². The molecule has 0 amide bonds. The van der Waals surface area contributed by atoms with Crippen LogP contribution in [0.5, 0.6) is 0 Å². The maximum absolute atomic E-state index is 11.3. The smallest absolute Gasteiger partial charge is 0.335 e. The Bertz CT molecular complexity index is 502. The number of nitrogens with zero attached hydrogens (tertiary/aromatic N) is 3. The summed E-state index contributed by atoms with van der Waals surface area (Å²) in [4.78, 5) is 20.4. The van der Waals surface area contributed by atoms with Gasteiger partial charge in [-0.1, -0.05) is 13.8 Å². The molecule has 1 fully saturated rings. The van der Waals surface area contributed by atoms with E-state index < -0.39 is 5.97 Å². The summed E-state index contributed by atoms with van der Waals surface area (Å²) in [6, 6.07) is 3.71. The summed E-state index contributed by atoms with van der Waals surface area (Å²) in [5, 5.41) is 9.27. The van der Waals surface area contributed by atoms with Crippen LogP contribution in [0.2, 0.25) is 0 Å². The number of aromatic carboxylic acids is 1. The molecule has 0 spiro atoms. The van der Waals surface area contributed by atoms with Gasteiger partial charge in [0.05, 0.1) is 5.56 Å². The van der Waals surface area contributed by atoms with Crippen LogP contribution in [-0.4, -0.2) is 53.7 Å². The number of pyridine rings is 1. The standard InChI is InChI=1S/C15H23N3O2/c1-10(2)13-7-12(15(19)20)8-14(16-13)18-6-5-17(4)9-11(18)3/h7-8,10-11H,5-6,9H2,1-4H3,(H,19,20). The van der Waals surface area contributed by atoms with Crippen molar-refractivity contribution in [1.29, 1.82) is 0 Å². The fourth-order valence-corrected chi connectivity index (χ4v) is 2.58. The van der Waals surface area contributed by atoms with Crippen LogP contribution in [0.25, 0.3) is 0 Å². The minimum absolute atomic E-state index is 0.218. The first-order chi connectivity index (χ1) is 9.38. The molecule has 1 saturated heterocycles. The molecule has 5 heteroatoms. The molecule has 0 aliphatic carbocycles. The van der Waals surface area contributed by atoms with E-state index in [1.165, 1.54) is 0 Å². The molecule has 110 valence electrons. The SMILES string of the molecule is CC(C)c1cc(C(=O)O)cc(N2CCN(C)CC2C)n1. The molecule has 5 nitrogen and oxygen atoms in total. The molecule has 1 aliphatic rings. The summed E-state index contributed by atoms with van der Waals surface area (Å²) in [7, 11) is 2.11. The van der Waals surface area contributed by atoms with Crippen molar-refractivity contribution in [3.05, 3.63) is 23.4 Å². The van der Waals surface area contributed by atoms with Gasteiger partial charge in [0, 0.05) is 31.4 Å². The van der Waals surface area contributed by atoms with Crippen LogP contribution >= 0.6 is 0 Å². The number of hydrogen-bond acceptors (Lipinski definition) is 4. The van der Waals surface area contributed by atoms with Crippen molar-refractivity contribution in [2.45, 2.75) is 32.7 Å². The lowest BCUT2D eigenvalue weighted by molar-refractivity contribution is 0.0696. The van der Waals surface area contributed by atoms with Crippen molar-refractivity contribution in [3.8, 4) is 0 Å². The summed E-state index contributed by atoms with van der Waals surface area (Å²) in [6.07, 6.45) is 0. The van der Waals surface area contributed by atoms with Gasteiger partial charge in [-0.05, 0) is 32.0 Å². The Morgan fingerprint density at radius 1 is 1.40 bits per heavy atom. The summed E-state index contributed by atoms with van der Waals surface area (Å²) in [5.41, 5.74) is 1.16. The first kappa shape index (κ1) is 14.8. The Labute approximate surface area is 120 Å². The molecule has 0 aromatic carbocycles. The average Bonchev–Trinajstić information content (AvgIpc) is 2.38. The molecule has 0 radical (unpaired) electrons. The van der Waals surface area contributed by atoms with Crippen molar-refractivity contribution in [2.75, 3.05) is 31.6 Å². The lowest BCUT2D eigenvalue weighted by atomic mass is 10.1. The van der Waals surface area contributed by atoms with Gasteiger partial charge in [0.25, 0.3) is 0 Å². The highest BCUT2D eigenvalue weighted by molar-refractivity contribution is 5.88. The highest BCUT2D eigenvalue weighted by atomic mass is 16.4. The van der Waals surface area contributed by atoms with Crippen LogP contribution in [-0.2, 0) is 0 Å². The Kier molecular flexibility index (Phi) is 4.28. The third kappa shape index (κ3) is 3.10. The summed E-state index contributed by atoms with van der Waals surface area (Å²) in [6.45, 7) is 9.04. The number of carboxylic acid groups (broad SMARTS) is 1. The van der Waals surface area contributed by atoms with Gasteiger partial charge >= 0.3 is 5.97 Å². The van der Waals surface area contributed by atoms with Gasteiger partial charge in [0.2, 0.25) is 0 Å². The molecule has 1 N–H and O–H groups in total. The summed E-state index contributed by atoms with van der Waals surface area (Å²) in [5.74, 6) is 0.113. The number of likely N-dealkylation sites (N-methyl/N-ethyl adjacent to an activating group) is 1. The van der Waals surface area contributed by atoms with E-state index >= 15 is 0 Å². The Hall–Kier alpha value is -1.62. The quantitative estimate of drug-likeness (QED) is 0.916. The van der Waals surface area contributed by atoms with Crippen molar-refractivity contribution < 1.29 is 9.90 Å². The molecule has 2 rings (SSSR count). The minimum atomic E-state index is -0.891. The normalized spacial score (nSPS) is 20.4.